The van der Waals surface area contributed by atoms with E-state index in [-0.39, 0.29) is 11.6 Å². The third kappa shape index (κ3) is 3.74. The van der Waals surface area contributed by atoms with Gasteiger partial charge in [0.1, 0.15) is 0 Å². The van der Waals surface area contributed by atoms with Gasteiger partial charge in [-0.2, -0.15) is 0 Å². The van der Waals surface area contributed by atoms with Crippen molar-refractivity contribution in [3.63, 3.8) is 0 Å². The highest BCUT2D eigenvalue weighted by molar-refractivity contribution is 9.10. The molecule has 2 aromatic carbocycles. The van der Waals surface area contributed by atoms with Gasteiger partial charge in [-0.05, 0) is 36.1 Å². The highest BCUT2D eigenvalue weighted by Crippen LogP contribution is 2.41. The summed E-state index contributed by atoms with van der Waals surface area (Å²) in [6, 6.07) is 14.3. The molecule has 2 aromatic rings. The number of carbonyl (C=O) groups is 1. The van der Waals surface area contributed by atoms with Crippen molar-refractivity contribution in [1.82, 2.24) is 5.32 Å². The summed E-state index contributed by atoms with van der Waals surface area (Å²) in [5.74, 6) is 0.0330. The lowest BCUT2D eigenvalue weighted by molar-refractivity contribution is -0.384. The summed E-state index contributed by atoms with van der Waals surface area (Å²) in [7, 11) is 0. The minimum atomic E-state index is -0.471. The Morgan fingerprint density at radius 2 is 1.68 bits per heavy atom. The number of amides is 1. The van der Waals surface area contributed by atoms with Crippen molar-refractivity contribution < 1.29 is 9.72 Å². The zero-order chi connectivity index (χ0) is 17.9. The highest BCUT2D eigenvalue weighted by Gasteiger charge is 2.42. The number of nitrogens with zero attached hydrogens (tertiary/aromatic N) is 1. The standard InChI is InChI=1S/C19H19BrN2O3/c20-16-7-5-15(6-8-16)19(11-1-2-12-19)18(23)21-13-14-3-9-17(10-4-14)22(24)25/h3-10H,1-2,11-13H2,(H,21,23). The van der Waals surface area contributed by atoms with Crippen LogP contribution in [0.15, 0.2) is 53.0 Å². The lowest BCUT2D eigenvalue weighted by Gasteiger charge is -2.28. The molecule has 5 nitrogen and oxygen atoms in total. The Hall–Kier alpha value is -2.21. The molecule has 130 valence electrons. The summed E-state index contributed by atoms with van der Waals surface area (Å²) in [6.07, 6.45) is 3.78. The maximum Gasteiger partial charge on any atom is 0.269 e. The van der Waals surface area contributed by atoms with Crippen molar-refractivity contribution in [1.29, 1.82) is 0 Å². The minimum absolute atomic E-state index is 0.0330. The molecule has 1 saturated carbocycles. The number of hydrogen-bond acceptors (Lipinski definition) is 3. The lowest BCUT2D eigenvalue weighted by Crippen LogP contribution is -2.42. The molecule has 0 radical (unpaired) electrons. The SMILES string of the molecule is O=C(NCc1ccc([N+](=O)[O-])cc1)C1(c2ccc(Br)cc2)CCCC1. The van der Waals surface area contributed by atoms with Gasteiger partial charge < -0.3 is 5.32 Å². The van der Waals surface area contributed by atoms with E-state index >= 15 is 0 Å². The number of non-ortho nitro benzene ring substituents is 1. The molecule has 0 heterocycles. The summed E-state index contributed by atoms with van der Waals surface area (Å²) in [4.78, 5) is 23.3. The van der Waals surface area contributed by atoms with Gasteiger partial charge in [0, 0.05) is 23.2 Å². The monoisotopic (exact) mass is 402 g/mol. The van der Waals surface area contributed by atoms with Crippen molar-refractivity contribution in [2.45, 2.75) is 37.6 Å². The van der Waals surface area contributed by atoms with Gasteiger partial charge in [0.2, 0.25) is 5.91 Å². The Bertz CT molecular complexity index is 766. The molecule has 0 atom stereocenters. The van der Waals surface area contributed by atoms with Crippen LogP contribution in [0.4, 0.5) is 5.69 Å². The lowest BCUT2D eigenvalue weighted by atomic mass is 9.78. The number of rotatable bonds is 5. The number of benzene rings is 2. The van der Waals surface area contributed by atoms with Crippen molar-refractivity contribution in [2.75, 3.05) is 0 Å². The Morgan fingerprint density at radius 3 is 2.24 bits per heavy atom. The van der Waals surface area contributed by atoms with Crippen LogP contribution in [-0.4, -0.2) is 10.8 Å². The normalized spacial score (nSPS) is 15.7. The zero-order valence-electron chi connectivity index (χ0n) is 13.7. The highest BCUT2D eigenvalue weighted by atomic mass is 79.9. The second-order valence-electron chi connectivity index (χ2n) is 6.40. The maximum absolute atomic E-state index is 13.0. The number of nitro benzene ring substituents is 1. The first-order valence-corrected chi connectivity index (χ1v) is 9.08. The first-order valence-electron chi connectivity index (χ1n) is 8.29. The Balaban J connectivity index is 1.73. The number of nitrogens with one attached hydrogen (secondary N) is 1. The fraction of sp³-hybridized carbons (Fsp3) is 0.316. The predicted molar refractivity (Wildman–Crippen MR) is 99.2 cm³/mol. The van der Waals surface area contributed by atoms with E-state index in [0.29, 0.717) is 6.54 Å². The average molecular weight is 403 g/mol. The second kappa shape index (κ2) is 7.35. The molecule has 1 amide bonds. The van der Waals surface area contributed by atoms with Crippen LogP contribution in [0.2, 0.25) is 0 Å². The molecule has 0 aliphatic heterocycles. The third-order valence-electron chi connectivity index (χ3n) is 4.89. The topological polar surface area (TPSA) is 72.2 Å². The van der Waals surface area contributed by atoms with Crippen molar-refractivity contribution >= 4 is 27.5 Å². The Kier molecular flexibility index (Phi) is 5.18. The Morgan fingerprint density at radius 1 is 1.08 bits per heavy atom. The van der Waals surface area contributed by atoms with Crippen LogP contribution in [-0.2, 0) is 16.8 Å². The smallest absolute Gasteiger partial charge is 0.269 e. The van der Waals surface area contributed by atoms with Crippen LogP contribution >= 0.6 is 15.9 Å². The summed E-state index contributed by atoms with van der Waals surface area (Å²) >= 11 is 3.44. The predicted octanol–water partition coefficient (Wildman–Crippen LogP) is 4.49. The molecule has 0 saturated heterocycles. The molecule has 0 aromatic heterocycles. The molecular formula is C19H19BrN2O3. The van der Waals surface area contributed by atoms with E-state index in [0.717, 1.165) is 41.3 Å². The third-order valence-corrected chi connectivity index (χ3v) is 5.42. The number of carbonyl (C=O) groups excluding carboxylic acids is 1. The van der Waals surface area contributed by atoms with Crippen LogP contribution in [0.1, 0.15) is 36.8 Å². The number of nitro groups is 1. The molecule has 3 rings (SSSR count). The fourth-order valence-electron chi connectivity index (χ4n) is 3.48. The van der Waals surface area contributed by atoms with Gasteiger partial charge in [-0.3, -0.25) is 14.9 Å². The zero-order valence-corrected chi connectivity index (χ0v) is 15.3. The van der Waals surface area contributed by atoms with Gasteiger partial charge in [0.15, 0.2) is 0 Å². The number of halogens is 1. The van der Waals surface area contributed by atoms with Crippen molar-refractivity contribution in [3.05, 3.63) is 74.2 Å². The van der Waals surface area contributed by atoms with Gasteiger partial charge in [-0.1, -0.05) is 53.0 Å². The molecular weight excluding hydrogens is 384 g/mol. The van der Waals surface area contributed by atoms with Gasteiger partial charge in [0.05, 0.1) is 10.3 Å². The molecule has 0 spiro atoms. The summed E-state index contributed by atoms with van der Waals surface area (Å²) < 4.78 is 0.996. The molecule has 1 aliphatic rings. The first kappa shape index (κ1) is 17.6. The molecule has 0 bridgehead atoms. The summed E-state index contributed by atoms with van der Waals surface area (Å²) in [6.45, 7) is 0.370. The van der Waals surface area contributed by atoms with Crippen molar-refractivity contribution in [3.8, 4) is 0 Å². The molecule has 1 N–H and O–H groups in total. The van der Waals surface area contributed by atoms with Crippen LogP contribution < -0.4 is 5.32 Å². The van der Waals surface area contributed by atoms with E-state index in [2.05, 4.69) is 21.2 Å². The van der Waals surface area contributed by atoms with Gasteiger partial charge in [0.25, 0.3) is 5.69 Å². The summed E-state index contributed by atoms with van der Waals surface area (Å²) in [5, 5.41) is 13.7. The molecule has 6 heteroatoms. The second-order valence-corrected chi connectivity index (χ2v) is 7.32. The van der Waals surface area contributed by atoms with Crippen LogP contribution in [0.5, 0.6) is 0 Å². The maximum atomic E-state index is 13.0. The Labute approximate surface area is 154 Å². The van der Waals surface area contributed by atoms with Gasteiger partial charge in [-0.15, -0.1) is 0 Å². The number of hydrogen-bond donors (Lipinski definition) is 1. The van der Waals surface area contributed by atoms with E-state index in [9.17, 15) is 14.9 Å². The van der Waals surface area contributed by atoms with Crippen LogP contribution in [0.3, 0.4) is 0 Å². The van der Waals surface area contributed by atoms with E-state index in [4.69, 9.17) is 0 Å². The molecule has 1 fully saturated rings. The molecule has 1 aliphatic carbocycles. The van der Waals surface area contributed by atoms with Crippen LogP contribution in [0, 0.1) is 10.1 Å². The molecule has 25 heavy (non-hydrogen) atoms. The summed E-state index contributed by atoms with van der Waals surface area (Å²) in [5.41, 5.74) is 1.48. The van der Waals surface area contributed by atoms with Gasteiger partial charge >= 0.3 is 0 Å². The first-order chi connectivity index (χ1) is 12.0. The fourth-order valence-corrected chi connectivity index (χ4v) is 3.75. The van der Waals surface area contributed by atoms with E-state index in [1.807, 2.05) is 24.3 Å². The van der Waals surface area contributed by atoms with Crippen molar-refractivity contribution in [2.24, 2.45) is 0 Å². The minimum Gasteiger partial charge on any atom is -0.351 e. The van der Waals surface area contributed by atoms with Gasteiger partial charge in [-0.25, -0.2) is 0 Å². The van der Waals surface area contributed by atoms with Crippen LogP contribution in [0.25, 0.3) is 0 Å². The van der Waals surface area contributed by atoms with E-state index in [1.54, 1.807) is 12.1 Å². The average Bonchev–Trinajstić information content (AvgIpc) is 3.11. The molecule has 0 unspecified atom stereocenters. The quantitative estimate of drug-likeness (QED) is 0.591. The van der Waals surface area contributed by atoms with E-state index in [1.165, 1.54) is 12.1 Å². The largest absolute Gasteiger partial charge is 0.351 e. The van der Waals surface area contributed by atoms with E-state index < -0.39 is 10.3 Å².